The molecular weight excluding hydrogens is 291 g/mol. The molecule has 2 aromatic carbocycles. The Hall–Kier alpha value is -1.77. The van der Waals surface area contributed by atoms with Crippen LogP contribution < -0.4 is 5.73 Å². The molecule has 0 atom stereocenters. The van der Waals surface area contributed by atoms with Crippen molar-refractivity contribution in [1.82, 2.24) is 0 Å². The molecule has 0 aliphatic carbocycles. The summed E-state index contributed by atoms with van der Waals surface area (Å²) in [5.74, 6) is 0.563. The number of aliphatic imine (C=N–C) groups is 1. The van der Waals surface area contributed by atoms with E-state index in [-0.39, 0.29) is 0 Å². The summed E-state index contributed by atoms with van der Waals surface area (Å²) in [4.78, 5) is 4.20. The lowest BCUT2D eigenvalue weighted by Gasteiger charge is -1.99. The van der Waals surface area contributed by atoms with Gasteiger partial charge in [0, 0.05) is 12.6 Å². The highest BCUT2D eigenvalue weighted by atomic mass is 35.5. The molecule has 0 saturated heterocycles. The molecule has 2 rings (SSSR count). The Morgan fingerprint density at radius 3 is 2.50 bits per heavy atom. The van der Waals surface area contributed by atoms with E-state index in [4.69, 9.17) is 28.9 Å². The van der Waals surface area contributed by atoms with Gasteiger partial charge in [-0.3, -0.25) is 0 Å². The third kappa shape index (κ3) is 4.41. The van der Waals surface area contributed by atoms with Gasteiger partial charge in [0.15, 0.2) is 0 Å². The standard InChI is InChI=1S/C16H14Cl2N2/c17-14-7-6-13(10-15(14)18)8-9-20-16(19)11-12-4-2-1-3-5-12/h1-10H,11H2,(H2,19,20)/b9-8+. The molecule has 0 fully saturated rings. The molecule has 4 heteroatoms. The van der Waals surface area contributed by atoms with Crippen molar-refractivity contribution in [2.24, 2.45) is 10.7 Å². The maximum atomic E-state index is 5.94. The average Bonchev–Trinajstić information content (AvgIpc) is 2.44. The first kappa shape index (κ1) is 14.6. The first-order valence-corrected chi connectivity index (χ1v) is 6.88. The summed E-state index contributed by atoms with van der Waals surface area (Å²) in [6, 6.07) is 15.4. The first-order chi connectivity index (χ1) is 9.65. The number of nitrogens with zero attached hydrogens (tertiary/aromatic N) is 1. The van der Waals surface area contributed by atoms with Gasteiger partial charge < -0.3 is 5.73 Å². The van der Waals surface area contributed by atoms with Crippen molar-refractivity contribution in [3.63, 3.8) is 0 Å². The minimum Gasteiger partial charge on any atom is -0.387 e. The Bertz CT molecular complexity index is 634. The van der Waals surface area contributed by atoms with Crippen LogP contribution in [0.5, 0.6) is 0 Å². The van der Waals surface area contributed by atoms with Crippen molar-refractivity contribution in [2.75, 3.05) is 0 Å². The van der Waals surface area contributed by atoms with Crippen LogP contribution in [0.2, 0.25) is 10.0 Å². The van der Waals surface area contributed by atoms with Crippen molar-refractivity contribution in [3.05, 3.63) is 75.9 Å². The Morgan fingerprint density at radius 1 is 1.05 bits per heavy atom. The van der Waals surface area contributed by atoms with E-state index in [0.29, 0.717) is 22.3 Å². The number of hydrogen-bond acceptors (Lipinski definition) is 1. The fourth-order valence-corrected chi connectivity index (χ4v) is 1.99. The maximum Gasteiger partial charge on any atom is 0.103 e. The summed E-state index contributed by atoms with van der Waals surface area (Å²) in [7, 11) is 0. The van der Waals surface area contributed by atoms with Gasteiger partial charge in [0.25, 0.3) is 0 Å². The zero-order valence-corrected chi connectivity index (χ0v) is 12.3. The van der Waals surface area contributed by atoms with E-state index in [1.165, 1.54) is 0 Å². The second-order valence-electron chi connectivity index (χ2n) is 4.27. The molecule has 0 aliphatic rings. The minimum atomic E-state index is 0.523. The molecule has 102 valence electrons. The Labute approximate surface area is 128 Å². The fourth-order valence-electron chi connectivity index (χ4n) is 1.69. The number of halogens is 2. The lowest BCUT2D eigenvalue weighted by atomic mass is 10.1. The smallest absolute Gasteiger partial charge is 0.103 e. The highest BCUT2D eigenvalue weighted by Crippen LogP contribution is 2.23. The predicted molar refractivity (Wildman–Crippen MR) is 87.3 cm³/mol. The lowest BCUT2D eigenvalue weighted by molar-refractivity contribution is 1.27. The topological polar surface area (TPSA) is 38.4 Å². The summed E-state index contributed by atoms with van der Waals surface area (Å²) in [6.07, 6.45) is 4.13. The summed E-state index contributed by atoms with van der Waals surface area (Å²) in [5, 5.41) is 1.06. The number of rotatable bonds is 4. The average molecular weight is 305 g/mol. The van der Waals surface area contributed by atoms with Crippen LogP contribution in [-0.4, -0.2) is 5.84 Å². The molecule has 0 heterocycles. The second-order valence-corrected chi connectivity index (χ2v) is 5.09. The van der Waals surface area contributed by atoms with Crippen molar-refractivity contribution < 1.29 is 0 Å². The van der Waals surface area contributed by atoms with Gasteiger partial charge in [-0.05, 0) is 29.3 Å². The molecular formula is C16H14Cl2N2. The molecule has 0 aliphatic heterocycles. The van der Waals surface area contributed by atoms with E-state index in [9.17, 15) is 0 Å². The van der Waals surface area contributed by atoms with Crippen molar-refractivity contribution in [2.45, 2.75) is 6.42 Å². The molecule has 2 nitrogen and oxygen atoms in total. The molecule has 0 saturated carbocycles. The van der Waals surface area contributed by atoms with E-state index in [1.54, 1.807) is 18.3 Å². The van der Waals surface area contributed by atoms with E-state index in [0.717, 1.165) is 11.1 Å². The molecule has 0 radical (unpaired) electrons. The zero-order valence-electron chi connectivity index (χ0n) is 10.8. The highest BCUT2D eigenvalue weighted by Gasteiger charge is 1.97. The second kappa shape index (κ2) is 7.13. The van der Waals surface area contributed by atoms with Gasteiger partial charge >= 0.3 is 0 Å². The molecule has 0 amide bonds. The van der Waals surface area contributed by atoms with E-state index < -0.39 is 0 Å². The van der Waals surface area contributed by atoms with Gasteiger partial charge in [0.1, 0.15) is 5.84 Å². The Balaban J connectivity index is 2.00. The molecule has 2 N–H and O–H groups in total. The highest BCUT2D eigenvalue weighted by molar-refractivity contribution is 6.42. The predicted octanol–water partition coefficient (Wildman–Crippen LogP) is 4.56. The summed E-state index contributed by atoms with van der Waals surface area (Å²) in [6.45, 7) is 0. The van der Waals surface area contributed by atoms with E-state index >= 15 is 0 Å². The number of benzene rings is 2. The molecule has 0 bridgehead atoms. The van der Waals surface area contributed by atoms with Gasteiger partial charge in [-0.15, -0.1) is 0 Å². The monoisotopic (exact) mass is 304 g/mol. The third-order valence-electron chi connectivity index (χ3n) is 2.68. The van der Waals surface area contributed by atoms with Crippen molar-refractivity contribution in [3.8, 4) is 0 Å². The zero-order chi connectivity index (χ0) is 14.4. The summed E-state index contributed by atoms with van der Waals surface area (Å²) < 4.78 is 0. The maximum absolute atomic E-state index is 5.94. The summed E-state index contributed by atoms with van der Waals surface area (Å²) in [5.41, 5.74) is 7.94. The van der Waals surface area contributed by atoms with Crippen molar-refractivity contribution >= 4 is 35.1 Å². The van der Waals surface area contributed by atoms with Gasteiger partial charge in [0.05, 0.1) is 10.0 Å². The first-order valence-electron chi connectivity index (χ1n) is 6.13. The van der Waals surface area contributed by atoms with Crippen LogP contribution in [-0.2, 0) is 6.42 Å². The SMILES string of the molecule is NC(Cc1ccccc1)=N/C=C/c1ccc(Cl)c(Cl)c1. The third-order valence-corrected chi connectivity index (χ3v) is 3.42. The molecule has 0 aromatic heterocycles. The number of amidine groups is 1. The van der Waals surface area contributed by atoms with Crippen LogP contribution in [0.15, 0.2) is 59.7 Å². The van der Waals surface area contributed by atoms with Crippen molar-refractivity contribution in [1.29, 1.82) is 0 Å². The van der Waals surface area contributed by atoms with Crippen LogP contribution in [0.1, 0.15) is 11.1 Å². The quantitative estimate of drug-likeness (QED) is 0.652. The molecule has 0 spiro atoms. The van der Waals surface area contributed by atoms with Gasteiger partial charge in [-0.25, -0.2) is 4.99 Å². The minimum absolute atomic E-state index is 0.523. The number of nitrogens with two attached hydrogens (primary N) is 1. The van der Waals surface area contributed by atoms with Crippen LogP contribution in [0, 0.1) is 0 Å². The lowest BCUT2D eigenvalue weighted by Crippen LogP contribution is -2.14. The van der Waals surface area contributed by atoms with Crippen LogP contribution in [0.4, 0.5) is 0 Å². The van der Waals surface area contributed by atoms with Gasteiger partial charge in [-0.2, -0.15) is 0 Å². The Kier molecular flexibility index (Phi) is 5.22. The normalized spacial score (nSPS) is 12.0. The van der Waals surface area contributed by atoms with Crippen LogP contribution in [0.25, 0.3) is 6.08 Å². The van der Waals surface area contributed by atoms with E-state index in [1.807, 2.05) is 42.5 Å². The van der Waals surface area contributed by atoms with E-state index in [2.05, 4.69) is 4.99 Å². The van der Waals surface area contributed by atoms with Crippen LogP contribution >= 0.6 is 23.2 Å². The summed E-state index contributed by atoms with van der Waals surface area (Å²) >= 11 is 11.8. The molecule has 20 heavy (non-hydrogen) atoms. The largest absolute Gasteiger partial charge is 0.387 e. The van der Waals surface area contributed by atoms with Crippen LogP contribution in [0.3, 0.4) is 0 Å². The Morgan fingerprint density at radius 2 is 1.80 bits per heavy atom. The molecule has 0 unspecified atom stereocenters. The van der Waals surface area contributed by atoms with Gasteiger partial charge in [-0.1, -0.05) is 59.6 Å². The van der Waals surface area contributed by atoms with Gasteiger partial charge in [0.2, 0.25) is 0 Å². The molecule has 2 aromatic rings. The number of hydrogen-bond donors (Lipinski definition) is 1. The fraction of sp³-hybridized carbons (Fsp3) is 0.0625.